The summed E-state index contributed by atoms with van der Waals surface area (Å²) in [4.78, 5) is 76.3. The standard InChI is InChI=1S/C35H39FN8O6/c1-35(2,3)50-33(48)38-15-14-37-30(45)21-7-6-8-25(17-21)43-29-26(18-22(36)19-39-29)32(47)44(34(43)49)24-12-10-23(11-13-24)40-31(46)27-20-42-16-5-4-9-28(42)41-27/h4-9,16-19,23-24,27H,10-15,20H2,1-3H3,(H,37,45)(H,38,48)(H,40,46)/t23-,24+,27?. The van der Waals surface area contributed by atoms with E-state index in [-0.39, 0.29) is 47.3 Å². The first-order valence-electron chi connectivity index (χ1n) is 16.6. The molecule has 0 spiro atoms. The minimum Gasteiger partial charge on any atom is -0.444 e. The normalized spacial score (nSPS) is 19.9. The topological polar surface area (TPSA) is 169 Å². The van der Waals surface area contributed by atoms with Crippen LogP contribution in [0.4, 0.5) is 9.18 Å². The number of halogens is 1. The molecule has 0 bridgehead atoms. The summed E-state index contributed by atoms with van der Waals surface area (Å²) in [5.41, 5.74) is -1.56. The predicted octanol–water partition coefficient (Wildman–Crippen LogP) is 2.71. The molecule has 2 aromatic heterocycles. The summed E-state index contributed by atoms with van der Waals surface area (Å²) < 4.78 is 22.0. The van der Waals surface area contributed by atoms with Crippen LogP contribution in [0.1, 0.15) is 62.9 Å². The maximum Gasteiger partial charge on any atom is 0.407 e. The van der Waals surface area contributed by atoms with Crippen molar-refractivity contribution in [3.63, 3.8) is 0 Å². The SMILES string of the molecule is CC(C)(C)OC(=O)NCCNC(=O)c1cccc(-n2c(=O)n([C@H]3CC[C@@H](NC(=O)C4CN5C=CC=CC5=N4)CC3)c(=O)c3cc(F)cnc32)c1. The second kappa shape index (κ2) is 14.1. The minimum absolute atomic E-state index is 0.0445. The van der Waals surface area contributed by atoms with Crippen molar-refractivity contribution in [1.29, 1.82) is 0 Å². The number of pyridine rings is 1. The van der Waals surface area contributed by atoms with Crippen LogP contribution in [0, 0.1) is 5.82 Å². The van der Waals surface area contributed by atoms with Crippen molar-refractivity contribution in [1.82, 2.24) is 35.0 Å². The highest BCUT2D eigenvalue weighted by atomic mass is 19.1. The first-order chi connectivity index (χ1) is 23.9. The van der Waals surface area contributed by atoms with Crippen LogP contribution in [-0.2, 0) is 9.53 Å². The molecule has 6 rings (SSSR count). The molecular weight excluding hydrogens is 647 g/mol. The Balaban J connectivity index is 1.18. The highest BCUT2D eigenvalue weighted by Crippen LogP contribution is 2.28. The molecule has 3 aliphatic rings. The van der Waals surface area contributed by atoms with E-state index in [1.807, 2.05) is 29.3 Å². The quantitative estimate of drug-likeness (QED) is 0.304. The lowest BCUT2D eigenvalue weighted by molar-refractivity contribution is -0.123. The lowest BCUT2D eigenvalue weighted by Gasteiger charge is -2.30. The van der Waals surface area contributed by atoms with Gasteiger partial charge in [0.15, 0.2) is 5.65 Å². The van der Waals surface area contributed by atoms with Crippen molar-refractivity contribution in [3.05, 3.63) is 93.2 Å². The third-order valence-corrected chi connectivity index (χ3v) is 8.62. The fourth-order valence-corrected chi connectivity index (χ4v) is 6.32. The molecule has 1 fully saturated rings. The van der Waals surface area contributed by atoms with Crippen molar-refractivity contribution in [2.45, 2.75) is 70.2 Å². The second-order valence-electron chi connectivity index (χ2n) is 13.4. The number of nitrogens with zero attached hydrogens (tertiary/aromatic N) is 5. The van der Waals surface area contributed by atoms with E-state index in [0.717, 1.165) is 22.7 Å². The molecule has 1 atom stereocenters. The molecule has 15 heteroatoms. The van der Waals surface area contributed by atoms with E-state index in [1.54, 1.807) is 39.0 Å². The average Bonchev–Trinajstić information content (AvgIpc) is 3.52. The Morgan fingerprint density at radius 1 is 1.02 bits per heavy atom. The lowest BCUT2D eigenvalue weighted by Crippen LogP contribution is -2.47. The molecule has 3 N–H and O–H groups in total. The van der Waals surface area contributed by atoms with Crippen LogP contribution in [0.15, 0.2) is 75.5 Å². The summed E-state index contributed by atoms with van der Waals surface area (Å²) in [6.07, 6.45) is 9.70. The Bertz CT molecular complexity index is 2040. The highest BCUT2D eigenvalue weighted by Gasteiger charge is 2.32. The Labute approximate surface area is 286 Å². The zero-order valence-electron chi connectivity index (χ0n) is 28.0. The molecule has 1 aromatic carbocycles. The van der Waals surface area contributed by atoms with E-state index >= 15 is 0 Å². The monoisotopic (exact) mass is 686 g/mol. The predicted molar refractivity (Wildman–Crippen MR) is 184 cm³/mol. The molecule has 3 aromatic rings. The molecule has 1 unspecified atom stereocenters. The second-order valence-corrected chi connectivity index (χ2v) is 13.4. The number of rotatable bonds is 8. The van der Waals surface area contributed by atoms with E-state index < -0.39 is 46.8 Å². The summed E-state index contributed by atoms with van der Waals surface area (Å²) in [5.74, 6) is -0.626. The summed E-state index contributed by atoms with van der Waals surface area (Å²) in [5, 5.41) is 8.28. The fraction of sp³-hybridized carbons (Fsp3) is 0.400. The van der Waals surface area contributed by atoms with Gasteiger partial charge in [0.1, 0.15) is 23.3 Å². The van der Waals surface area contributed by atoms with E-state index in [4.69, 9.17) is 4.74 Å². The summed E-state index contributed by atoms with van der Waals surface area (Å²) in [7, 11) is 0. The maximum atomic E-state index is 14.4. The van der Waals surface area contributed by atoms with Crippen molar-refractivity contribution in [2.24, 2.45) is 4.99 Å². The van der Waals surface area contributed by atoms with E-state index in [9.17, 15) is 28.4 Å². The molecule has 14 nitrogen and oxygen atoms in total. The Hall–Kier alpha value is -5.60. The number of alkyl carbamates (subject to hydrolysis) is 1. The summed E-state index contributed by atoms with van der Waals surface area (Å²) in [6.45, 7) is 5.93. The van der Waals surface area contributed by atoms with Crippen molar-refractivity contribution in [3.8, 4) is 5.69 Å². The fourth-order valence-electron chi connectivity index (χ4n) is 6.32. The molecule has 50 heavy (non-hydrogen) atoms. The van der Waals surface area contributed by atoms with Crippen LogP contribution in [0.2, 0.25) is 0 Å². The molecule has 4 heterocycles. The van der Waals surface area contributed by atoms with Crippen molar-refractivity contribution in [2.75, 3.05) is 19.6 Å². The van der Waals surface area contributed by atoms with Gasteiger partial charge in [0.25, 0.3) is 11.5 Å². The molecule has 0 radical (unpaired) electrons. The molecule has 3 amide bonds. The molecule has 1 saturated carbocycles. The van der Waals surface area contributed by atoms with Gasteiger partial charge in [-0.05, 0) is 82.9 Å². The third kappa shape index (κ3) is 7.51. The zero-order valence-corrected chi connectivity index (χ0v) is 28.0. The number of fused-ring (bicyclic) bond motifs is 2. The van der Waals surface area contributed by atoms with Crippen LogP contribution in [0.5, 0.6) is 0 Å². The first kappa shape index (κ1) is 34.3. The molecule has 1 aliphatic carbocycles. The van der Waals surface area contributed by atoms with Gasteiger partial charge >= 0.3 is 11.8 Å². The highest BCUT2D eigenvalue weighted by molar-refractivity contribution is 5.99. The largest absolute Gasteiger partial charge is 0.444 e. The Morgan fingerprint density at radius 2 is 1.78 bits per heavy atom. The van der Waals surface area contributed by atoms with Gasteiger partial charge in [-0.15, -0.1) is 0 Å². The van der Waals surface area contributed by atoms with Gasteiger partial charge in [0.2, 0.25) is 5.91 Å². The minimum atomic E-state index is -0.733. The number of hydrogen-bond acceptors (Lipinski definition) is 9. The number of aromatic nitrogens is 3. The third-order valence-electron chi connectivity index (χ3n) is 8.62. The zero-order chi connectivity index (χ0) is 35.6. The molecule has 0 saturated heterocycles. The van der Waals surface area contributed by atoms with Gasteiger partial charge in [-0.3, -0.25) is 23.9 Å². The summed E-state index contributed by atoms with van der Waals surface area (Å²) in [6, 6.07) is 6.08. The number of nitrogens with one attached hydrogen (secondary N) is 3. The number of ether oxygens (including phenoxy) is 1. The van der Waals surface area contributed by atoms with Gasteiger partial charge in [-0.25, -0.2) is 23.5 Å². The first-order valence-corrected chi connectivity index (χ1v) is 16.6. The molecule has 262 valence electrons. The number of amides is 3. The van der Waals surface area contributed by atoms with Crippen molar-refractivity contribution >= 4 is 34.8 Å². The van der Waals surface area contributed by atoms with Crippen LogP contribution < -0.4 is 27.2 Å². The van der Waals surface area contributed by atoms with Crippen LogP contribution >= 0.6 is 0 Å². The lowest BCUT2D eigenvalue weighted by atomic mass is 9.90. The Kier molecular flexibility index (Phi) is 9.66. The smallest absolute Gasteiger partial charge is 0.407 e. The van der Waals surface area contributed by atoms with Gasteiger partial charge in [0.05, 0.1) is 23.8 Å². The van der Waals surface area contributed by atoms with Crippen molar-refractivity contribution < 1.29 is 23.5 Å². The number of carbonyl (C=O) groups is 3. The maximum absolute atomic E-state index is 14.4. The number of allylic oxidation sites excluding steroid dienone is 2. The van der Waals surface area contributed by atoms with E-state index in [1.165, 1.54) is 10.6 Å². The van der Waals surface area contributed by atoms with Gasteiger partial charge < -0.3 is 25.6 Å². The molecular formula is C35H39FN8O6. The van der Waals surface area contributed by atoms with E-state index in [2.05, 4.69) is 25.9 Å². The number of carbonyl (C=O) groups excluding carboxylic acids is 3. The van der Waals surface area contributed by atoms with Gasteiger partial charge in [-0.2, -0.15) is 0 Å². The van der Waals surface area contributed by atoms with Crippen LogP contribution in [0.25, 0.3) is 16.7 Å². The number of hydrogen-bond donors (Lipinski definition) is 3. The van der Waals surface area contributed by atoms with E-state index in [0.29, 0.717) is 32.2 Å². The van der Waals surface area contributed by atoms with Gasteiger partial charge in [-0.1, -0.05) is 12.1 Å². The summed E-state index contributed by atoms with van der Waals surface area (Å²) >= 11 is 0. The molecule has 2 aliphatic heterocycles. The van der Waals surface area contributed by atoms with Crippen LogP contribution in [0.3, 0.4) is 0 Å². The Morgan fingerprint density at radius 3 is 2.52 bits per heavy atom. The van der Waals surface area contributed by atoms with Crippen LogP contribution in [-0.4, -0.2) is 80.1 Å². The number of aliphatic imine (C=N–C) groups is 1. The average molecular weight is 687 g/mol. The van der Waals surface area contributed by atoms with Gasteiger partial charge in [0, 0.05) is 36.9 Å². The number of benzene rings is 1. The number of amidine groups is 1.